The first-order valence-corrected chi connectivity index (χ1v) is 5.24. The van der Waals surface area contributed by atoms with Gasteiger partial charge >= 0.3 is 0 Å². The summed E-state index contributed by atoms with van der Waals surface area (Å²) in [7, 11) is 1.37. The number of methoxy groups -OCH3 is 1. The summed E-state index contributed by atoms with van der Waals surface area (Å²) in [4.78, 5) is 10.9. The van der Waals surface area contributed by atoms with Crippen LogP contribution in [0.25, 0.3) is 11.1 Å². The Balaban J connectivity index is 2.55. The number of hydrogen-bond acceptors (Lipinski definition) is 2. The van der Waals surface area contributed by atoms with Crippen molar-refractivity contribution in [2.45, 2.75) is 0 Å². The molecule has 0 N–H and O–H groups in total. The molecule has 0 aliphatic rings. The van der Waals surface area contributed by atoms with Crippen molar-refractivity contribution in [1.29, 1.82) is 0 Å². The molecule has 2 rings (SSSR count). The zero-order chi connectivity index (χ0) is 13.1. The first-order valence-electron chi connectivity index (χ1n) is 5.24. The summed E-state index contributed by atoms with van der Waals surface area (Å²) in [5.74, 6) is -0.917. The van der Waals surface area contributed by atoms with Crippen LogP contribution < -0.4 is 4.74 Å². The quantitative estimate of drug-likeness (QED) is 0.777. The average molecular weight is 248 g/mol. The van der Waals surface area contributed by atoms with Gasteiger partial charge in [-0.05, 0) is 35.4 Å². The van der Waals surface area contributed by atoms with Crippen LogP contribution in [0.1, 0.15) is 10.4 Å². The number of ether oxygens (including phenoxy) is 1. The number of halogens is 2. The summed E-state index contributed by atoms with van der Waals surface area (Å²) < 4.78 is 31.4. The highest BCUT2D eigenvalue weighted by molar-refractivity contribution is 5.87. The fraction of sp³-hybridized carbons (Fsp3) is 0.0714. The van der Waals surface area contributed by atoms with E-state index in [1.807, 2.05) is 0 Å². The highest BCUT2D eigenvalue weighted by atomic mass is 19.1. The molecule has 4 heteroatoms. The standard InChI is InChI=1S/C14H10F2O2/c1-18-14-5-2-9(7-13(14)16)12-4-3-11(15)6-10(12)8-17/h2-8H,1H3. The Kier molecular flexibility index (Phi) is 3.37. The van der Waals surface area contributed by atoms with Crippen molar-refractivity contribution < 1.29 is 18.3 Å². The lowest BCUT2D eigenvalue weighted by Gasteiger charge is -2.07. The van der Waals surface area contributed by atoms with E-state index in [2.05, 4.69) is 0 Å². The van der Waals surface area contributed by atoms with Crippen LogP contribution in [0.5, 0.6) is 5.75 Å². The van der Waals surface area contributed by atoms with Crippen molar-refractivity contribution in [2.24, 2.45) is 0 Å². The molecule has 0 bridgehead atoms. The molecule has 0 aliphatic carbocycles. The van der Waals surface area contributed by atoms with Gasteiger partial charge in [0.2, 0.25) is 0 Å². The van der Waals surface area contributed by atoms with Gasteiger partial charge in [-0.15, -0.1) is 0 Å². The minimum absolute atomic E-state index is 0.119. The summed E-state index contributed by atoms with van der Waals surface area (Å²) in [6, 6.07) is 8.11. The van der Waals surface area contributed by atoms with Crippen LogP contribution in [-0.2, 0) is 0 Å². The Morgan fingerprint density at radius 1 is 1.11 bits per heavy atom. The molecule has 0 atom stereocenters. The van der Waals surface area contributed by atoms with Crippen LogP contribution >= 0.6 is 0 Å². The number of benzene rings is 2. The largest absolute Gasteiger partial charge is 0.494 e. The molecule has 92 valence electrons. The van der Waals surface area contributed by atoms with Crippen LogP contribution in [-0.4, -0.2) is 13.4 Å². The maximum atomic E-state index is 13.6. The lowest BCUT2D eigenvalue weighted by atomic mass is 10.00. The van der Waals surface area contributed by atoms with Gasteiger partial charge in [0.05, 0.1) is 7.11 Å². The van der Waals surface area contributed by atoms with E-state index in [1.54, 1.807) is 6.07 Å². The van der Waals surface area contributed by atoms with Gasteiger partial charge in [0.15, 0.2) is 17.9 Å². The highest BCUT2D eigenvalue weighted by Crippen LogP contribution is 2.27. The second-order valence-electron chi connectivity index (χ2n) is 3.70. The van der Waals surface area contributed by atoms with E-state index in [0.29, 0.717) is 17.4 Å². The smallest absolute Gasteiger partial charge is 0.165 e. The molecule has 2 nitrogen and oxygen atoms in total. The van der Waals surface area contributed by atoms with Gasteiger partial charge in [0.25, 0.3) is 0 Å². The number of carbonyl (C=O) groups excluding carboxylic acids is 1. The molecule has 0 saturated heterocycles. The first-order chi connectivity index (χ1) is 8.65. The molecule has 0 aromatic heterocycles. The van der Waals surface area contributed by atoms with Gasteiger partial charge in [0.1, 0.15) is 5.82 Å². The third-order valence-corrected chi connectivity index (χ3v) is 2.60. The predicted molar refractivity (Wildman–Crippen MR) is 63.7 cm³/mol. The Labute approximate surface area is 103 Å². The molecular formula is C14H10F2O2. The second kappa shape index (κ2) is 4.96. The second-order valence-corrected chi connectivity index (χ2v) is 3.70. The van der Waals surface area contributed by atoms with Crippen LogP contribution in [0.2, 0.25) is 0 Å². The molecule has 2 aromatic rings. The minimum Gasteiger partial charge on any atom is -0.494 e. The Morgan fingerprint density at radius 3 is 2.50 bits per heavy atom. The summed E-state index contributed by atoms with van der Waals surface area (Å²) in [6.45, 7) is 0. The van der Waals surface area contributed by atoms with E-state index in [9.17, 15) is 13.6 Å². The molecule has 0 unspecified atom stereocenters. The van der Waals surface area contributed by atoms with Gasteiger partial charge in [-0.3, -0.25) is 4.79 Å². The Hall–Kier alpha value is -2.23. The van der Waals surface area contributed by atoms with Crippen molar-refractivity contribution in [3.05, 3.63) is 53.6 Å². The van der Waals surface area contributed by atoms with Crippen LogP contribution in [0.3, 0.4) is 0 Å². The average Bonchev–Trinajstić information content (AvgIpc) is 2.38. The predicted octanol–water partition coefficient (Wildman–Crippen LogP) is 3.45. The molecule has 2 aromatic carbocycles. The van der Waals surface area contributed by atoms with Crippen LogP contribution in [0, 0.1) is 11.6 Å². The van der Waals surface area contributed by atoms with E-state index >= 15 is 0 Å². The van der Waals surface area contributed by atoms with Gasteiger partial charge < -0.3 is 4.74 Å². The molecule has 0 aliphatic heterocycles. The molecular weight excluding hydrogens is 238 g/mol. The van der Waals surface area contributed by atoms with Crippen molar-refractivity contribution in [2.75, 3.05) is 7.11 Å². The lowest BCUT2D eigenvalue weighted by molar-refractivity contribution is 0.112. The van der Waals surface area contributed by atoms with E-state index in [-0.39, 0.29) is 11.3 Å². The van der Waals surface area contributed by atoms with Crippen molar-refractivity contribution >= 4 is 6.29 Å². The molecule has 18 heavy (non-hydrogen) atoms. The number of aldehydes is 1. The van der Waals surface area contributed by atoms with Crippen molar-refractivity contribution in [3.63, 3.8) is 0 Å². The number of hydrogen-bond donors (Lipinski definition) is 0. The van der Waals surface area contributed by atoms with Gasteiger partial charge in [0, 0.05) is 5.56 Å². The monoisotopic (exact) mass is 248 g/mol. The normalized spacial score (nSPS) is 10.2. The Bertz CT molecular complexity index is 594. The van der Waals surface area contributed by atoms with Crippen LogP contribution in [0.15, 0.2) is 36.4 Å². The molecule has 0 saturated carbocycles. The van der Waals surface area contributed by atoms with E-state index in [0.717, 1.165) is 6.07 Å². The molecule has 0 radical (unpaired) electrons. The summed E-state index contributed by atoms with van der Waals surface area (Å²) >= 11 is 0. The summed E-state index contributed by atoms with van der Waals surface area (Å²) in [5.41, 5.74) is 1.16. The van der Waals surface area contributed by atoms with Crippen LogP contribution in [0.4, 0.5) is 8.78 Å². The third-order valence-electron chi connectivity index (χ3n) is 2.60. The van der Waals surface area contributed by atoms with Gasteiger partial charge in [-0.2, -0.15) is 0 Å². The lowest BCUT2D eigenvalue weighted by Crippen LogP contribution is -1.92. The number of rotatable bonds is 3. The third kappa shape index (κ3) is 2.22. The highest BCUT2D eigenvalue weighted by Gasteiger charge is 2.09. The molecule has 0 heterocycles. The van der Waals surface area contributed by atoms with E-state index < -0.39 is 11.6 Å². The maximum Gasteiger partial charge on any atom is 0.165 e. The van der Waals surface area contributed by atoms with Crippen molar-refractivity contribution in [3.8, 4) is 16.9 Å². The minimum atomic E-state index is -0.531. The van der Waals surface area contributed by atoms with E-state index in [1.165, 1.54) is 31.4 Å². The zero-order valence-corrected chi connectivity index (χ0v) is 9.61. The molecule has 0 spiro atoms. The van der Waals surface area contributed by atoms with Gasteiger partial charge in [-0.25, -0.2) is 8.78 Å². The summed E-state index contributed by atoms with van der Waals surface area (Å²) in [6.07, 6.45) is 0.542. The SMILES string of the molecule is COc1ccc(-c2ccc(F)cc2C=O)cc1F. The Morgan fingerprint density at radius 2 is 1.89 bits per heavy atom. The fourth-order valence-electron chi connectivity index (χ4n) is 1.73. The fourth-order valence-corrected chi connectivity index (χ4v) is 1.73. The number of carbonyl (C=O) groups is 1. The molecule has 0 amide bonds. The molecule has 0 fully saturated rings. The first kappa shape index (κ1) is 12.2. The zero-order valence-electron chi connectivity index (χ0n) is 9.61. The summed E-state index contributed by atoms with van der Waals surface area (Å²) in [5, 5.41) is 0. The van der Waals surface area contributed by atoms with Gasteiger partial charge in [-0.1, -0.05) is 12.1 Å². The van der Waals surface area contributed by atoms with Crippen molar-refractivity contribution in [1.82, 2.24) is 0 Å². The maximum absolute atomic E-state index is 13.6. The van der Waals surface area contributed by atoms with E-state index in [4.69, 9.17) is 4.74 Å². The topological polar surface area (TPSA) is 26.3 Å².